The largest absolute Gasteiger partial charge is 0.459 e. The average Bonchev–Trinajstić information content (AvgIpc) is 3.21. The molecule has 2 heterocycles. The first-order chi connectivity index (χ1) is 12.0. The summed E-state index contributed by atoms with van der Waals surface area (Å²) in [5.41, 5.74) is 0.512. The Morgan fingerprint density at radius 3 is 2.36 bits per heavy atom. The molecule has 7 nitrogen and oxygen atoms in total. The molecule has 1 aliphatic heterocycles. The van der Waals surface area contributed by atoms with E-state index < -0.39 is 15.7 Å². The molecule has 0 saturated heterocycles. The van der Waals surface area contributed by atoms with Gasteiger partial charge in [0.05, 0.1) is 11.2 Å². The Hall–Kier alpha value is -2.87. The quantitative estimate of drug-likeness (QED) is 0.757. The van der Waals surface area contributed by atoms with E-state index in [-0.39, 0.29) is 28.0 Å². The third kappa shape index (κ3) is 3.48. The molecule has 25 heavy (non-hydrogen) atoms. The topological polar surface area (TPSA) is 105 Å². The first kappa shape index (κ1) is 17.0. The van der Waals surface area contributed by atoms with Gasteiger partial charge < -0.3 is 15.1 Å². The lowest BCUT2D eigenvalue weighted by Gasteiger charge is -2.07. The summed E-state index contributed by atoms with van der Waals surface area (Å²) < 4.78 is 29.6. The van der Waals surface area contributed by atoms with Crippen LogP contribution in [0.25, 0.3) is 6.08 Å². The van der Waals surface area contributed by atoms with Gasteiger partial charge in [-0.3, -0.25) is 9.59 Å². The molecule has 0 atom stereocenters. The van der Waals surface area contributed by atoms with E-state index in [1.165, 1.54) is 18.4 Å². The van der Waals surface area contributed by atoms with Crippen LogP contribution in [0.2, 0.25) is 0 Å². The van der Waals surface area contributed by atoms with E-state index in [9.17, 15) is 18.0 Å². The van der Waals surface area contributed by atoms with Gasteiger partial charge in [0.2, 0.25) is 9.84 Å². The predicted octanol–water partition coefficient (Wildman–Crippen LogP) is 1.34. The summed E-state index contributed by atoms with van der Waals surface area (Å²) in [4.78, 5) is 23.7. The van der Waals surface area contributed by atoms with Crippen LogP contribution >= 0.6 is 0 Å². The van der Waals surface area contributed by atoms with Crippen LogP contribution < -0.4 is 10.6 Å². The number of sulfone groups is 1. The number of hydrogen-bond donors (Lipinski definition) is 2. The minimum atomic E-state index is -3.76. The highest BCUT2D eigenvalue weighted by Crippen LogP contribution is 2.32. The van der Waals surface area contributed by atoms with Crippen LogP contribution in [-0.4, -0.2) is 33.3 Å². The van der Waals surface area contributed by atoms with Crippen molar-refractivity contribution in [1.29, 1.82) is 0 Å². The Labute approximate surface area is 144 Å². The first-order valence-electron chi connectivity index (χ1n) is 7.66. The number of carbonyl (C=O) groups is 2. The van der Waals surface area contributed by atoms with Crippen molar-refractivity contribution in [1.82, 2.24) is 10.6 Å². The minimum Gasteiger partial charge on any atom is -0.459 e. The minimum absolute atomic E-state index is 0.144. The Morgan fingerprint density at radius 2 is 1.68 bits per heavy atom. The number of furan rings is 1. The molecule has 0 radical (unpaired) electrons. The van der Waals surface area contributed by atoms with E-state index in [4.69, 9.17) is 4.42 Å². The van der Waals surface area contributed by atoms with Gasteiger partial charge in [-0.2, -0.15) is 0 Å². The van der Waals surface area contributed by atoms with Crippen LogP contribution in [0.3, 0.4) is 0 Å². The van der Waals surface area contributed by atoms with Crippen LogP contribution in [0, 0.1) is 0 Å². The second-order valence-electron chi connectivity index (χ2n) is 5.39. The van der Waals surface area contributed by atoms with Gasteiger partial charge >= 0.3 is 0 Å². The van der Waals surface area contributed by atoms with Crippen molar-refractivity contribution < 1.29 is 22.4 Å². The van der Waals surface area contributed by atoms with Gasteiger partial charge in [-0.25, -0.2) is 8.42 Å². The molecular formula is C17H16N2O5S. The molecule has 0 bridgehead atoms. The number of rotatable bonds is 6. The van der Waals surface area contributed by atoms with E-state index >= 15 is 0 Å². The molecule has 2 amide bonds. The average molecular weight is 360 g/mol. The molecule has 3 rings (SSSR count). The molecule has 1 aliphatic rings. The van der Waals surface area contributed by atoms with E-state index in [0.717, 1.165) is 0 Å². The second-order valence-corrected chi connectivity index (χ2v) is 7.28. The van der Waals surface area contributed by atoms with Crippen LogP contribution in [0.15, 0.2) is 56.9 Å². The molecule has 0 saturated carbocycles. The zero-order chi connectivity index (χ0) is 17.9. The highest BCUT2D eigenvalue weighted by molar-refractivity contribution is 7.96. The zero-order valence-corrected chi connectivity index (χ0v) is 14.0. The molecule has 0 unspecified atom stereocenters. The number of hydrogen-bond acceptors (Lipinski definition) is 5. The van der Waals surface area contributed by atoms with Crippen molar-refractivity contribution in [2.45, 2.75) is 11.3 Å². The Morgan fingerprint density at radius 1 is 0.960 bits per heavy atom. The summed E-state index contributed by atoms with van der Waals surface area (Å²) in [7, 11) is -3.76. The van der Waals surface area contributed by atoms with E-state index in [1.54, 1.807) is 30.3 Å². The summed E-state index contributed by atoms with van der Waals surface area (Å²) in [5.74, 6) is -0.773. The number of benzene rings is 1. The van der Waals surface area contributed by atoms with Crippen molar-refractivity contribution in [2.75, 3.05) is 13.1 Å². The fraction of sp³-hybridized carbons (Fsp3) is 0.176. The molecule has 1 aromatic heterocycles. The van der Waals surface area contributed by atoms with Crippen molar-refractivity contribution in [3.63, 3.8) is 0 Å². The molecule has 1 aromatic carbocycles. The summed E-state index contributed by atoms with van der Waals surface area (Å²) in [6.07, 6.45) is 3.24. The monoisotopic (exact) mass is 360 g/mol. The van der Waals surface area contributed by atoms with E-state index in [0.29, 0.717) is 18.5 Å². The lowest BCUT2D eigenvalue weighted by molar-refractivity contribution is -0.116. The normalized spacial score (nSPS) is 14.5. The molecule has 2 N–H and O–H groups in total. The maximum atomic E-state index is 12.3. The van der Waals surface area contributed by atoms with Gasteiger partial charge in [0, 0.05) is 13.1 Å². The van der Waals surface area contributed by atoms with Crippen LogP contribution in [0.4, 0.5) is 0 Å². The second kappa shape index (κ2) is 6.94. The lowest BCUT2D eigenvalue weighted by atomic mass is 10.2. The molecule has 130 valence electrons. The summed E-state index contributed by atoms with van der Waals surface area (Å²) in [5, 5.41) is 5.20. The number of amides is 2. The third-order valence-corrected chi connectivity index (χ3v) is 5.51. The Balaban J connectivity index is 1.48. The Bertz CT molecular complexity index is 930. The van der Waals surface area contributed by atoms with Gasteiger partial charge in [-0.05, 0) is 36.3 Å². The molecule has 0 aliphatic carbocycles. The van der Waals surface area contributed by atoms with Gasteiger partial charge in [-0.15, -0.1) is 0 Å². The van der Waals surface area contributed by atoms with Crippen LogP contribution in [0.5, 0.6) is 0 Å². The summed E-state index contributed by atoms with van der Waals surface area (Å²) in [6.45, 7) is 0.562. The predicted molar refractivity (Wildman–Crippen MR) is 90.3 cm³/mol. The lowest BCUT2D eigenvalue weighted by Crippen LogP contribution is -2.31. The summed E-state index contributed by atoms with van der Waals surface area (Å²) in [6, 6.07) is 9.62. The molecule has 8 heteroatoms. The highest BCUT2D eigenvalue weighted by atomic mass is 32.2. The molecule has 2 aromatic rings. The van der Waals surface area contributed by atoms with Gasteiger partial charge in [-0.1, -0.05) is 18.2 Å². The molecule has 0 fully saturated rings. The van der Waals surface area contributed by atoms with Crippen molar-refractivity contribution in [2.24, 2.45) is 0 Å². The maximum absolute atomic E-state index is 12.3. The first-order valence-corrected chi connectivity index (χ1v) is 9.14. The van der Waals surface area contributed by atoms with Crippen LogP contribution in [0.1, 0.15) is 22.5 Å². The molecular weight excluding hydrogens is 344 g/mol. The van der Waals surface area contributed by atoms with E-state index in [1.807, 2.05) is 0 Å². The zero-order valence-electron chi connectivity index (χ0n) is 13.2. The number of nitrogens with one attached hydrogen (secondary N) is 2. The molecule has 0 spiro atoms. The third-order valence-electron chi connectivity index (χ3n) is 3.68. The smallest absolute Gasteiger partial charge is 0.286 e. The van der Waals surface area contributed by atoms with Crippen molar-refractivity contribution in [3.8, 4) is 0 Å². The van der Waals surface area contributed by atoms with Gasteiger partial charge in [0.25, 0.3) is 11.8 Å². The van der Waals surface area contributed by atoms with Crippen molar-refractivity contribution in [3.05, 3.63) is 58.9 Å². The Kier molecular flexibility index (Phi) is 4.71. The number of carbonyl (C=O) groups excluding carboxylic acids is 2. The number of fused-ring (bicyclic) bond motifs is 1. The summed E-state index contributed by atoms with van der Waals surface area (Å²) >= 11 is 0. The van der Waals surface area contributed by atoms with Gasteiger partial charge in [0.1, 0.15) is 4.91 Å². The SMILES string of the molecule is O=C(NCCCNC(=O)c1ccco1)C1=Cc2ccccc2S1(=O)=O. The van der Waals surface area contributed by atoms with Crippen LogP contribution in [-0.2, 0) is 14.6 Å². The van der Waals surface area contributed by atoms with E-state index in [2.05, 4.69) is 10.6 Å². The van der Waals surface area contributed by atoms with Crippen molar-refractivity contribution >= 4 is 27.7 Å². The fourth-order valence-electron chi connectivity index (χ4n) is 2.44. The highest BCUT2D eigenvalue weighted by Gasteiger charge is 2.33. The standard InChI is InChI=1S/C17H16N2O5S/c20-16(13-6-3-10-24-13)18-8-4-9-19-17(21)15-11-12-5-1-2-7-14(12)25(15,22)23/h1-3,5-7,10-11H,4,8-9H2,(H,18,20)(H,19,21). The maximum Gasteiger partial charge on any atom is 0.286 e. The fourth-order valence-corrected chi connectivity index (χ4v) is 3.97. The van der Waals surface area contributed by atoms with Gasteiger partial charge in [0.15, 0.2) is 5.76 Å².